The van der Waals surface area contributed by atoms with Gasteiger partial charge in [0.15, 0.2) is 0 Å². The Kier molecular flexibility index (Phi) is 3.69. The Balaban J connectivity index is 2.50. The molecule has 1 aromatic carbocycles. The molecule has 1 aromatic heterocycles. The molecule has 18 heavy (non-hydrogen) atoms. The lowest BCUT2D eigenvalue weighted by atomic mass is 10.1. The maximum atomic E-state index is 6.00. The van der Waals surface area contributed by atoms with E-state index in [-0.39, 0.29) is 5.54 Å². The first-order chi connectivity index (χ1) is 8.41. The van der Waals surface area contributed by atoms with Gasteiger partial charge >= 0.3 is 0 Å². The molecule has 2 aromatic rings. The van der Waals surface area contributed by atoms with Gasteiger partial charge in [-0.05, 0) is 32.9 Å². The summed E-state index contributed by atoms with van der Waals surface area (Å²) in [6.07, 6.45) is 2.01. The van der Waals surface area contributed by atoms with Crippen molar-refractivity contribution in [3.63, 3.8) is 0 Å². The summed E-state index contributed by atoms with van der Waals surface area (Å²) >= 11 is 11.9. The molecule has 0 unspecified atom stereocenters. The highest BCUT2D eigenvalue weighted by Gasteiger charge is 2.18. The number of aromatic nitrogens is 2. The molecule has 2 nitrogen and oxygen atoms in total. The van der Waals surface area contributed by atoms with Crippen LogP contribution >= 0.6 is 23.2 Å². The van der Waals surface area contributed by atoms with Crippen molar-refractivity contribution in [1.29, 1.82) is 0 Å². The fourth-order valence-electron chi connectivity index (χ4n) is 1.70. The van der Waals surface area contributed by atoms with Crippen LogP contribution in [0.15, 0.2) is 30.5 Å². The minimum absolute atomic E-state index is 0.0501. The van der Waals surface area contributed by atoms with Crippen LogP contribution in [0.2, 0.25) is 5.02 Å². The van der Waals surface area contributed by atoms with Crippen molar-refractivity contribution < 1.29 is 0 Å². The van der Waals surface area contributed by atoms with Crippen molar-refractivity contribution in [1.82, 2.24) is 9.78 Å². The molecule has 0 amide bonds. The second kappa shape index (κ2) is 4.94. The number of halogens is 2. The summed E-state index contributed by atoms with van der Waals surface area (Å²) in [5.41, 5.74) is 2.95. The summed E-state index contributed by atoms with van der Waals surface area (Å²) in [5.74, 6) is 0.452. The van der Waals surface area contributed by atoms with Crippen LogP contribution in [0, 0.1) is 0 Å². The zero-order chi connectivity index (χ0) is 13.3. The first-order valence-electron chi connectivity index (χ1n) is 5.83. The molecule has 2 rings (SSSR count). The number of hydrogen-bond acceptors (Lipinski definition) is 1. The topological polar surface area (TPSA) is 17.8 Å². The van der Waals surface area contributed by atoms with Gasteiger partial charge < -0.3 is 0 Å². The molecule has 0 saturated heterocycles. The van der Waals surface area contributed by atoms with Gasteiger partial charge in [0.25, 0.3) is 0 Å². The summed E-state index contributed by atoms with van der Waals surface area (Å²) in [5, 5.41) is 5.36. The van der Waals surface area contributed by atoms with Crippen molar-refractivity contribution in [2.24, 2.45) is 0 Å². The van der Waals surface area contributed by atoms with Crippen LogP contribution in [0.1, 0.15) is 26.3 Å². The predicted octanol–water partition coefficient (Wildman–Crippen LogP) is 4.70. The molecule has 0 N–H and O–H groups in total. The van der Waals surface area contributed by atoms with Gasteiger partial charge in [-0.15, -0.1) is 11.6 Å². The third-order valence-corrected chi connectivity index (χ3v) is 3.28. The Morgan fingerprint density at radius 1 is 1.17 bits per heavy atom. The highest BCUT2D eigenvalue weighted by atomic mass is 35.5. The van der Waals surface area contributed by atoms with Gasteiger partial charge in [-0.2, -0.15) is 5.10 Å². The molecular formula is C14H16Cl2N2. The summed E-state index contributed by atoms with van der Waals surface area (Å²) in [4.78, 5) is 0. The van der Waals surface area contributed by atoms with Gasteiger partial charge in [0.05, 0.1) is 17.1 Å². The van der Waals surface area contributed by atoms with Crippen molar-refractivity contribution in [2.45, 2.75) is 32.2 Å². The van der Waals surface area contributed by atoms with Crippen LogP contribution in [0.25, 0.3) is 11.3 Å². The SMILES string of the molecule is CC(C)(C)n1cc(CCl)c(-c2ccc(Cl)cc2)n1. The monoisotopic (exact) mass is 282 g/mol. The molecule has 4 heteroatoms. The molecule has 0 fully saturated rings. The van der Waals surface area contributed by atoms with E-state index in [1.54, 1.807) is 0 Å². The van der Waals surface area contributed by atoms with E-state index in [1.807, 2.05) is 35.1 Å². The molecular weight excluding hydrogens is 267 g/mol. The van der Waals surface area contributed by atoms with E-state index in [0.717, 1.165) is 21.8 Å². The molecule has 0 aliphatic carbocycles. The van der Waals surface area contributed by atoms with Crippen LogP contribution in [0.4, 0.5) is 0 Å². The van der Waals surface area contributed by atoms with E-state index in [1.165, 1.54) is 0 Å². The van der Waals surface area contributed by atoms with E-state index in [9.17, 15) is 0 Å². The average molecular weight is 283 g/mol. The Bertz CT molecular complexity index is 536. The third kappa shape index (κ3) is 2.70. The van der Waals surface area contributed by atoms with Crippen molar-refractivity contribution >= 4 is 23.2 Å². The van der Waals surface area contributed by atoms with Crippen LogP contribution in [0.5, 0.6) is 0 Å². The lowest BCUT2D eigenvalue weighted by Gasteiger charge is -2.18. The van der Waals surface area contributed by atoms with Gasteiger partial charge in [0.2, 0.25) is 0 Å². The second-order valence-corrected chi connectivity index (χ2v) is 5.96. The maximum absolute atomic E-state index is 6.00. The maximum Gasteiger partial charge on any atom is 0.0967 e. The minimum Gasteiger partial charge on any atom is -0.267 e. The molecule has 0 aliphatic rings. The fraction of sp³-hybridized carbons (Fsp3) is 0.357. The number of benzene rings is 1. The van der Waals surface area contributed by atoms with Gasteiger partial charge in [-0.1, -0.05) is 23.7 Å². The Morgan fingerprint density at radius 2 is 1.78 bits per heavy atom. The summed E-state index contributed by atoms with van der Waals surface area (Å²) < 4.78 is 1.95. The van der Waals surface area contributed by atoms with Crippen LogP contribution < -0.4 is 0 Å². The molecule has 0 aliphatic heterocycles. The van der Waals surface area contributed by atoms with E-state index in [4.69, 9.17) is 23.2 Å². The summed E-state index contributed by atoms with van der Waals surface area (Å²) in [6.45, 7) is 6.34. The van der Waals surface area contributed by atoms with E-state index in [2.05, 4.69) is 25.9 Å². The molecule has 0 radical (unpaired) electrons. The van der Waals surface area contributed by atoms with Crippen molar-refractivity contribution in [3.8, 4) is 11.3 Å². The number of nitrogens with zero attached hydrogens (tertiary/aromatic N) is 2. The fourth-order valence-corrected chi connectivity index (χ4v) is 2.02. The lowest BCUT2D eigenvalue weighted by molar-refractivity contribution is 0.356. The van der Waals surface area contributed by atoms with Gasteiger partial charge in [0, 0.05) is 22.3 Å². The molecule has 0 spiro atoms. The second-order valence-electron chi connectivity index (χ2n) is 5.26. The minimum atomic E-state index is -0.0501. The van der Waals surface area contributed by atoms with E-state index >= 15 is 0 Å². The van der Waals surface area contributed by atoms with Crippen molar-refractivity contribution in [3.05, 3.63) is 41.0 Å². The zero-order valence-electron chi connectivity index (χ0n) is 10.7. The Morgan fingerprint density at radius 3 is 2.28 bits per heavy atom. The van der Waals surface area contributed by atoms with Crippen LogP contribution in [-0.4, -0.2) is 9.78 Å². The number of rotatable bonds is 2. The first-order valence-corrected chi connectivity index (χ1v) is 6.74. The molecule has 0 saturated carbocycles. The van der Waals surface area contributed by atoms with E-state index in [0.29, 0.717) is 5.88 Å². The van der Waals surface area contributed by atoms with Crippen LogP contribution in [0.3, 0.4) is 0 Å². The number of alkyl halides is 1. The normalized spacial score (nSPS) is 11.8. The molecule has 1 heterocycles. The third-order valence-electron chi connectivity index (χ3n) is 2.74. The quantitative estimate of drug-likeness (QED) is 0.731. The average Bonchev–Trinajstić information content (AvgIpc) is 2.73. The molecule has 96 valence electrons. The number of hydrogen-bond donors (Lipinski definition) is 0. The molecule has 0 atom stereocenters. The van der Waals surface area contributed by atoms with Gasteiger partial charge in [-0.25, -0.2) is 0 Å². The Hall–Kier alpha value is -0.990. The van der Waals surface area contributed by atoms with Gasteiger partial charge in [0.1, 0.15) is 0 Å². The summed E-state index contributed by atoms with van der Waals surface area (Å²) in [7, 11) is 0. The van der Waals surface area contributed by atoms with Crippen molar-refractivity contribution in [2.75, 3.05) is 0 Å². The molecule has 0 bridgehead atoms. The first kappa shape index (κ1) is 13.4. The smallest absolute Gasteiger partial charge is 0.0967 e. The van der Waals surface area contributed by atoms with Crippen LogP contribution in [-0.2, 0) is 11.4 Å². The predicted molar refractivity (Wildman–Crippen MR) is 77.2 cm³/mol. The van der Waals surface area contributed by atoms with Gasteiger partial charge in [-0.3, -0.25) is 4.68 Å². The lowest BCUT2D eigenvalue weighted by Crippen LogP contribution is -2.22. The van der Waals surface area contributed by atoms with E-state index < -0.39 is 0 Å². The highest BCUT2D eigenvalue weighted by molar-refractivity contribution is 6.30. The largest absolute Gasteiger partial charge is 0.267 e. The zero-order valence-corrected chi connectivity index (χ0v) is 12.3. The standard InChI is InChI=1S/C14H16Cl2N2/c1-14(2,3)18-9-11(8-15)13(17-18)10-4-6-12(16)7-5-10/h4-7,9H,8H2,1-3H3. The summed E-state index contributed by atoms with van der Waals surface area (Å²) in [6, 6.07) is 7.66. The highest BCUT2D eigenvalue weighted by Crippen LogP contribution is 2.27. The Labute approximate surface area is 118 Å².